The Balaban J connectivity index is 1.98. The molecule has 14 heavy (non-hydrogen) atoms. The normalized spacial score (nSPS) is 22.6. The largest absolute Gasteiger partial charge is 0.300 e. The SMILES string of the molecule is N#CC(C#N)=C1CCN(C2CC2)CC1. The van der Waals surface area contributed by atoms with Gasteiger partial charge in [0, 0.05) is 19.1 Å². The quantitative estimate of drug-likeness (QED) is 0.586. The van der Waals surface area contributed by atoms with Gasteiger partial charge >= 0.3 is 0 Å². The van der Waals surface area contributed by atoms with E-state index in [2.05, 4.69) is 4.90 Å². The third-order valence-corrected chi connectivity index (χ3v) is 3.04. The van der Waals surface area contributed by atoms with Crippen molar-refractivity contribution in [1.82, 2.24) is 4.90 Å². The molecule has 0 aromatic carbocycles. The van der Waals surface area contributed by atoms with Crippen LogP contribution in [-0.4, -0.2) is 24.0 Å². The second-order valence-corrected chi connectivity index (χ2v) is 3.97. The molecule has 0 radical (unpaired) electrons. The van der Waals surface area contributed by atoms with Gasteiger partial charge in [0.15, 0.2) is 0 Å². The van der Waals surface area contributed by atoms with Gasteiger partial charge in [0.05, 0.1) is 0 Å². The molecule has 2 aliphatic rings. The fourth-order valence-corrected chi connectivity index (χ4v) is 2.03. The minimum absolute atomic E-state index is 0.348. The molecule has 3 nitrogen and oxygen atoms in total. The third kappa shape index (κ3) is 1.78. The van der Waals surface area contributed by atoms with E-state index in [0.717, 1.165) is 37.5 Å². The Morgan fingerprint density at radius 3 is 2.14 bits per heavy atom. The van der Waals surface area contributed by atoms with E-state index in [9.17, 15) is 0 Å². The van der Waals surface area contributed by atoms with Gasteiger partial charge in [-0.15, -0.1) is 0 Å². The van der Waals surface area contributed by atoms with Crippen LogP contribution in [0.15, 0.2) is 11.1 Å². The average molecular weight is 187 g/mol. The minimum Gasteiger partial charge on any atom is -0.300 e. The number of nitriles is 2. The highest BCUT2D eigenvalue weighted by atomic mass is 15.2. The first-order valence-corrected chi connectivity index (χ1v) is 5.11. The minimum atomic E-state index is 0.348. The average Bonchev–Trinajstić information content (AvgIpc) is 3.04. The van der Waals surface area contributed by atoms with Crippen LogP contribution in [0.25, 0.3) is 0 Å². The van der Waals surface area contributed by atoms with Crippen molar-refractivity contribution in [2.24, 2.45) is 0 Å². The van der Waals surface area contributed by atoms with Crippen LogP contribution in [0.3, 0.4) is 0 Å². The van der Waals surface area contributed by atoms with E-state index < -0.39 is 0 Å². The first-order chi connectivity index (χ1) is 6.85. The van der Waals surface area contributed by atoms with Crippen molar-refractivity contribution in [3.05, 3.63) is 11.1 Å². The van der Waals surface area contributed by atoms with E-state index in [1.165, 1.54) is 12.8 Å². The molecule has 1 saturated carbocycles. The topological polar surface area (TPSA) is 50.8 Å². The van der Waals surface area contributed by atoms with Gasteiger partial charge in [-0.3, -0.25) is 4.90 Å². The molecule has 1 aliphatic carbocycles. The lowest BCUT2D eigenvalue weighted by atomic mass is 9.99. The van der Waals surface area contributed by atoms with Gasteiger partial charge in [-0.2, -0.15) is 10.5 Å². The summed E-state index contributed by atoms with van der Waals surface area (Å²) in [7, 11) is 0. The van der Waals surface area contributed by atoms with E-state index in [4.69, 9.17) is 10.5 Å². The first kappa shape index (κ1) is 9.24. The monoisotopic (exact) mass is 187 g/mol. The van der Waals surface area contributed by atoms with Crippen LogP contribution in [0.2, 0.25) is 0 Å². The summed E-state index contributed by atoms with van der Waals surface area (Å²) >= 11 is 0. The van der Waals surface area contributed by atoms with Crippen molar-refractivity contribution >= 4 is 0 Å². The molecule has 0 unspecified atom stereocenters. The number of nitrogens with zero attached hydrogens (tertiary/aromatic N) is 3. The summed E-state index contributed by atoms with van der Waals surface area (Å²) < 4.78 is 0. The van der Waals surface area contributed by atoms with Crippen molar-refractivity contribution in [2.75, 3.05) is 13.1 Å². The zero-order chi connectivity index (χ0) is 9.97. The number of rotatable bonds is 1. The Kier molecular flexibility index (Phi) is 2.52. The molecule has 1 heterocycles. The van der Waals surface area contributed by atoms with Gasteiger partial charge in [0.25, 0.3) is 0 Å². The Hall–Kier alpha value is -1.32. The van der Waals surface area contributed by atoms with Gasteiger partial charge in [0.2, 0.25) is 0 Å². The Morgan fingerprint density at radius 1 is 1.14 bits per heavy atom. The summed E-state index contributed by atoms with van der Waals surface area (Å²) in [6.45, 7) is 2.07. The Morgan fingerprint density at radius 2 is 1.71 bits per heavy atom. The summed E-state index contributed by atoms with van der Waals surface area (Å²) in [5.74, 6) is 0. The molecule has 0 aromatic rings. The molecule has 0 spiro atoms. The van der Waals surface area contributed by atoms with Crippen molar-refractivity contribution < 1.29 is 0 Å². The number of piperidine rings is 1. The molecule has 0 bridgehead atoms. The van der Waals surface area contributed by atoms with Crippen LogP contribution in [0.1, 0.15) is 25.7 Å². The van der Waals surface area contributed by atoms with Gasteiger partial charge in [-0.05, 0) is 31.3 Å². The summed E-state index contributed by atoms with van der Waals surface area (Å²) in [5, 5.41) is 17.4. The molecule has 72 valence electrons. The Bertz CT molecular complexity index is 313. The molecular weight excluding hydrogens is 174 g/mol. The van der Waals surface area contributed by atoms with Crippen molar-refractivity contribution in [1.29, 1.82) is 10.5 Å². The number of hydrogen-bond acceptors (Lipinski definition) is 3. The van der Waals surface area contributed by atoms with Crippen LogP contribution >= 0.6 is 0 Å². The molecule has 1 saturated heterocycles. The van der Waals surface area contributed by atoms with Gasteiger partial charge < -0.3 is 0 Å². The van der Waals surface area contributed by atoms with E-state index in [0.29, 0.717) is 5.57 Å². The van der Waals surface area contributed by atoms with Crippen LogP contribution in [0.5, 0.6) is 0 Å². The van der Waals surface area contributed by atoms with E-state index >= 15 is 0 Å². The number of hydrogen-bond donors (Lipinski definition) is 0. The molecule has 2 fully saturated rings. The van der Waals surface area contributed by atoms with E-state index in [1.54, 1.807) is 0 Å². The summed E-state index contributed by atoms with van der Waals surface area (Å²) in [5.41, 5.74) is 1.41. The lowest BCUT2D eigenvalue weighted by Gasteiger charge is -2.28. The van der Waals surface area contributed by atoms with Crippen molar-refractivity contribution in [3.8, 4) is 12.1 Å². The fourth-order valence-electron chi connectivity index (χ4n) is 2.03. The number of allylic oxidation sites excluding steroid dienone is 1. The summed E-state index contributed by atoms with van der Waals surface area (Å²) in [6, 6.07) is 4.77. The highest BCUT2D eigenvalue weighted by Crippen LogP contribution is 2.31. The van der Waals surface area contributed by atoms with Gasteiger partial charge in [0.1, 0.15) is 17.7 Å². The second kappa shape index (κ2) is 3.82. The van der Waals surface area contributed by atoms with Crippen molar-refractivity contribution in [2.45, 2.75) is 31.7 Å². The highest BCUT2D eigenvalue weighted by molar-refractivity contribution is 5.40. The van der Waals surface area contributed by atoms with Crippen LogP contribution in [0, 0.1) is 22.7 Å². The predicted molar refractivity (Wildman–Crippen MR) is 52.1 cm³/mol. The number of likely N-dealkylation sites (tertiary alicyclic amines) is 1. The molecule has 2 rings (SSSR count). The molecule has 0 aromatic heterocycles. The molecule has 0 N–H and O–H groups in total. The van der Waals surface area contributed by atoms with Gasteiger partial charge in [-0.1, -0.05) is 0 Å². The van der Waals surface area contributed by atoms with Gasteiger partial charge in [-0.25, -0.2) is 0 Å². The zero-order valence-electron chi connectivity index (χ0n) is 8.16. The van der Waals surface area contributed by atoms with Crippen LogP contribution < -0.4 is 0 Å². The fraction of sp³-hybridized carbons (Fsp3) is 0.636. The third-order valence-electron chi connectivity index (χ3n) is 3.04. The maximum absolute atomic E-state index is 8.72. The summed E-state index contributed by atoms with van der Waals surface area (Å²) in [6.07, 6.45) is 4.49. The molecular formula is C11H13N3. The van der Waals surface area contributed by atoms with E-state index in [-0.39, 0.29) is 0 Å². The summed E-state index contributed by atoms with van der Waals surface area (Å²) in [4.78, 5) is 2.48. The lowest BCUT2D eigenvalue weighted by molar-refractivity contribution is 0.246. The smallest absolute Gasteiger partial charge is 0.128 e. The molecule has 0 amide bonds. The first-order valence-electron chi connectivity index (χ1n) is 5.11. The highest BCUT2D eigenvalue weighted by Gasteiger charge is 2.30. The van der Waals surface area contributed by atoms with Crippen LogP contribution in [-0.2, 0) is 0 Å². The molecule has 1 aliphatic heterocycles. The molecule has 3 heteroatoms. The van der Waals surface area contributed by atoms with Crippen LogP contribution in [0.4, 0.5) is 0 Å². The maximum Gasteiger partial charge on any atom is 0.128 e. The zero-order valence-corrected chi connectivity index (χ0v) is 8.16. The van der Waals surface area contributed by atoms with E-state index in [1.807, 2.05) is 12.1 Å². The Labute approximate surface area is 84.2 Å². The van der Waals surface area contributed by atoms with Crippen molar-refractivity contribution in [3.63, 3.8) is 0 Å². The lowest BCUT2D eigenvalue weighted by Crippen LogP contribution is -2.32. The standard InChI is InChI=1S/C11H13N3/c12-7-10(8-13)9-3-5-14(6-4-9)11-1-2-11/h11H,1-6H2. The maximum atomic E-state index is 8.72. The molecule has 0 atom stereocenters. The second-order valence-electron chi connectivity index (χ2n) is 3.97. The predicted octanol–water partition coefficient (Wildman–Crippen LogP) is 1.59.